The largest absolute Gasteiger partial charge is 0.363 e. The second-order valence-corrected chi connectivity index (χ2v) is 6.16. The number of fused-ring (bicyclic) bond motifs is 1. The Hall–Kier alpha value is -3.22. The lowest BCUT2D eigenvalue weighted by Gasteiger charge is -2.14. The molecule has 26 heavy (non-hydrogen) atoms. The van der Waals surface area contributed by atoms with Crippen molar-refractivity contribution in [3.8, 4) is 0 Å². The molecule has 2 heterocycles. The number of carbonyl (C=O) groups excluding carboxylic acids is 1. The summed E-state index contributed by atoms with van der Waals surface area (Å²) < 4.78 is 0. The fourth-order valence-electron chi connectivity index (χ4n) is 2.49. The summed E-state index contributed by atoms with van der Waals surface area (Å²) in [4.78, 5) is 27.3. The van der Waals surface area contributed by atoms with E-state index in [4.69, 9.17) is 0 Å². The molecule has 0 fully saturated rings. The molecule has 0 atom stereocenters. The van der Waals surface area contributed by atoms with Gasteiger partial charge in [-0.1, -0.05) is 24.3 Å². The van der Waals surface area contributed by atoms with Crippen molar-refractivity contribution in [3.05, 3.63) is 53.9 Å². The molecule has 0 saturated carbocycles. The number of pyridine rings is 1. The van der Waals surface area contributed by atoms with Crippen molar-refractivity contribution in [2.75, 3.05) is 37.4 Å². The number of benzene rings is 1. The van der Waals surface area contributed by atoms with E-state index in [1.54, 1.807) is 6.07 Å². The van der Waals surface area contributed by atoms with Gasteiger partial charge in [0.1, 0.15) is 11.5 Å². The van der Waals surface area contributed by atoms with Gasteiger partial charge in [0, 0.05) is 44.3 Å². The van der Waals surface area contributed by atoms with E-state index < -0.39 is 0 Å². The zero-order chi connectivity index (χ0) is 18.5. The SMILES string of the molecule is Cc1cc(N(C)C)nc(NCCNC(=O)c2ccc3ccccc3n2)n1. The van der Waals surface area contributed by atoms with Crippen LogP contribution in [0.5, 0.6) is 0 Å². The fraction of sp³-hybridized carbons (Fsp3) is 0.263. The molecule has 0 aliphatic heterocycles. The molecule has 0 aliphatic rings. The Kier molecular flexibility index (Phi) is 5.26. The summed E-state index contributed by atoms with van der Waals surface area (Å²) in [5.74, 6) is 1.19. The first kappa shape index (κ1) is 17.6. The van der Waals surface area contributed by atoms with Crippen molar-refractivity contribution < 1.29 is 4.79 Å². The minimum absolute atomic E-state index is 0.198. The summed E-state index contributed by atoms with van der Waals surface area (Å²) >= 11 is 0. The molecular formula is C19H22N6O. The number of carbonyl (C=O) groups is 1. The molecule has 2 N–H and O–H groups in total. The predicted molar refractivity (Wildman–Crippen MR) is 104 cm³/mol. The Bertz CT molecular complexity index is 925. The van der Waals surface area contributed by atoms with Crippen LogP contribution in [-0.2, 0) is 0 Å². The van der Waals surface area contributed by atoms with Crippen LogP contribution in [0, 0.1) is 6.92 Å². The molecule has 1 aromatic carbocycles. The van der Waals surface area contributed by atoms with E-state index in [1.807, 2.05) is 62.3 Å². The van der Waals surface area contributed by atoms with E-state index in [-0.39, 0.29) is 5.91 Å². The Morgan fingerprint density at radius 1 is 1.04 bits per heavy atom. The highest BCUT2D eigenvalue weighted by Gasteiger charge is 2.08. The molecule has 2 aromatic heterocycles. The summed E-state index contributed by atoms with van der Waals surface area (Å²) in [7, 11) is 3.87. The van der Waals surface area contributed by atoms with Crippen LogP contribution in [0.1, 0.15) is 16.2 Å². The number of anilines is 2. The summed E-state index contributed by atoms with van der Waals surface area (Å²) in [5, 5.41) is 7.00. The third-order valence-electron chi connectivity index (χ3n) is 3.82. The number of aryl methyl sites for hydroxylation is 1. The Morgan fingerprint density at radius 3 is 2.65 bits per heavy atom. The van der Waals surface area contributed by atoms with Gasteiger partial charge in [-0.05, 0) is 19.1 Å². The number of para-hydroxylation sites is 1. The molecular weight excluding hydrogens is 328 g/mol. The molecule has 1 amide bonds. The van der Waals surface area contributed by atoms with Crippen LogP contribution in [0.4, 0.5) is 11.8 Å². The number of amides is 1. The highest BCUT2D eigenvalue weighted by Crippen LogP contribution is 2.12. The lowest BCUT2D eigenvalue weighted by atomic mass is 10.2. The van der Waals surface area contributed by atoms with Gasteiger partial charge in [-0.15, -0.1) is 0 Å². The Labute approximate surface area is 152 Å². The van der Waals surface area contributed by atoms with E-state index in [0.29, 0.717) is 24.7 Å². The maximum absolute atomic E-state index is 12.3. The first-order chi connectivity index (χ1) is 12.5. The maximum atomic E-state index is 12.3. The normalized spacial score (nSPS) is 10.6. The average molecular weight is 350 g/mol. The topological polar surface area (TPSA) is 83.0 Å². The van der Waals surface area contributed by atoms with Crippen molar-refractivity contribution in [1.82, 2.24) is 20.3 Å². The first-order valence-electron chi connectivity index (χ1n) is 8.44. The van der Waals surface area contributed by atoms with Crippen LogP contribution >= 0.6 is 0 Å². The number of rotatable bonds is 6. The quantitative estimate of drug-likeness (QED) is 0.664. The summed E-state index contributed by atoms with van der Waals surface area (Å²) in [5.41, 5.74) is 2.10. The van der Waals surface area contributed by atoms with Gasteiger partial charge in [0.05, 0.1) is 5.52 Å². The van der Waals surface area contributed by atoms with Gasteiger partial charge in [-0.25, -0.2) is 9.97 Å². The van der Waals surface area contributed by atoms with Crippen molar-refractivity contribution in [1.29, 1.82) is 0 Å². The van der Waals surface area contributed by atoms with Crippen LogP contribution in [0.2, 0.25) is 0 Å². The van der Waals surface area contributed by atoms with E-state index in [1.165, 1.54) is 0 Å². The van der Waals surface area contributed by atoms with Crippen molar-refractivity contribution >= 4 is 28.6 Å². The molecule has 3 rings (SSSR count). The number of hydrogen-bond acceptors (Lipinski definition) is 6. The molecule has 134 valence electrons. The van der Waals surface area contributed by atoms with Gasteiger partial charge < -0.3 is 15.5 Å². The van der Waals surface area contributed by atoms with Crippen LogP contribution < -0.4 is 15.5 Å². The second kappa shape index (κ2) is 7.77. The van der Waals surface area contributed by atoms with Gasteiger partial charge >= 0.3 is 0 Å². The minimum atomic E-state index is -0.198. The van der Waals surface area contributed by atoms with Gasteiger partial charge in [0.15, 0.2) is 0 Å². The zero-order valence-corrected chi connectivity index (χ0v) is 15.2. The molecule has 7 heteroatoms. The molecule has 0 saturated heterocycles. The number of nitrogens with one attached hydrogen (secondary N) is 2. The van der Waals surface area contributed by atoms with Crippen molar-refractivity contribution in [3.63, 3.8) is 0 Å². The number of aromatic nitrogens is 3. The lowest BCUT2D eigenvalue weighted by Crippen LogP contribution is -2.29. The van der Waals surface area contributed by atoms with Gasteiger partial charge in [-0.3, -0.25) is 4.79 Å². The predicted octanol–water partition coefficient (Wildman–Crippen LogP) is 2.24. The summed E-state index contributed by atoms with van der Waals surface area (Å²) in [6.07, 6.45) is 0. The molecule has 0 radical (unpaired) electrons. The second-order valence-electron chi connectivity index (χ2n) is 6.16. The molecule has 0 bridgehead atoms. The fourth-order valence-corrected chi connectivity index (χ4v) is 2.49. The summed E-state index contributed by atoms with van der Waals surface area (Å²) in [6, 6.07) is 13.3. The van der Waals surface area contributed by atoms with Crippen LogP contribution in [0.15, 0.2) is 42.5 Å². The van der Waals surface area contributed by atoms with Gasteiger partial charge in [0.25, 0.3) is 5.91 Å². The van der Waals surface area contributed by atoms with E-state index in [2.05, 4.69) is 25.6 Å². The lowest BCUT2D eigenvalue weighted by molar-refractivity contribution is 0.0950. The number of nitrogens with zero attached hydrogens (tertiary/aromatic N) is 4. The van der Waals surface area contributed by atoms with Crippen molar-refractivity contribution in [2.24, 2.45) is 0 Å². The third-order valence-corrected chi connectivity index (χ3v) is 3.82. The maximum Gasteiger partial charge on any atom is 0.269 e. The average Bonchev–Trinajstić information content (AvgIpc) is 2.64. The smallest absolute Gasteiger partial charge is 0.269 e. The van der Waals surface area contributed by atoms with E-state index in [0.717, 1.165) is 22.4 Å². The molecule has 3 aromatic rings. The standard InChI is InChI=1S/C19H22N6O/c1-13-12-17(25(2)3)24-19(22-13)21-11-10-20-18(26)16-9-8-14-6-4-5-7-15(14)23-16/h4-9,12H,10-11H2,1-3H3,(H,20,26)(H,21,22,24). The summed E-state index contributed by atoms with van der Waals surface area (Å²) in [6.45, 7) is 2.89. The molecule has 0 spiro atoms. The van der Waals surface area contributed by atoms with Crippen LogP contribution in [0.25, 0.3) is 10.9 Å². The highest BCUT2D eigenvalue weighted by atomic mass is 16.1. The van der Waals surface area contributed by atoms with Crippen LogP contribution in [0.3, 0.4) is 0 Å². The highest BCUT2D eigenvalue weighted by molar-refractivity contribution is 5.94. The molecule has 0 aliphatic carbocycles. The first-order valence-corrected chi connectivity index (χ1v) is 8.44. The van der Waals surface area contributed by atoms with Gasteiger partial charge in [0.2, 0.25) is 5.95 Å². The van der Waals surface area contributed by atoms with E-state index >= 15 is 0 Å². The van der Waals surface area contributed by atoms with Crippen molar-refractivity contribution in [2.45, 2.75) is 6.92 Å². The minimum Gasteiger partial charge on any atom is -0.363 e. The van der Waals surface area contributed by atoms with Gasteiger partial charge in [-0.2, -0.15) is 4.98 Å². The third kappa shape index (κ3) is 4.24. The van der Waals surface area contributed by atoms with E-state index in [9.17, 15) is 4.79 Å². The monoisotopic (exact) mass is 350 g/mol. The number of hydrogen-bond donors (Lipinski definition) is 2. The Balaban J connectivity index is 1.55. The molecule has 0 unspecified atom stereocenters. The van der Waals surface area contributed by atoms with Crippen LogP contribution in [-0.4, -0.2) is 48.0 Å². The zero-order valence-electron chi connectivity index (χ0n) is 15.2. The Morgan fingerprint density at radius 2 is 1.85 bits per heavy atom. The molecule has 7 nitrogen and oxygen atoms in total.